The molecule has 1 aliphatic heterocycles. The van der Waals surface area contributed by atoms with Crippen LogP contribution in [0.15, 0.2) is 48.8 Å². The first-order chi connectivity index (χ1) is 11.8. The average Bonchev–Trinajstić information content (AvgIpc) is 2.67. The van der Waals surface area contributed by atoms with Crippen molar-refractivity contribution in [2.75, 3.05) is 18.0 Å². The molecule has 0 bridgehead atoms. The first kappa shape index (κ1) is 14.6. The molecule has 3 aromatic heterocycles. The maximum absolute atomic E-state index is 9.22. The van der Waals surface area contributed by atoms with Crippen LogP contribution in [0, 0.1) is 11.3 Å². The Balaban J connectivity index is 1.52. The summed E-state index contributed by atoms with van der Waals surface area (Å²) in [6.07, 6.45) is 5.49. The Hall–Kier alpha value is -3.00. The van der Waals surface area contributed by atoms with Gasteiger partial charge in [0.1, 0.15) is 6.07 Å². The van der Waals surface area contributed by atoms with Crippen molar-refractivity contribution in [1.29, 1.82) is 5.26 Å². The highest BCUT2D eigenvalue weighted by Crippen LogP contribution is 2.31. The van der Waals surface area contributed by atoms with Gasteiger partial charge in [-0.3, -0.25) is 0 Å². The summed E-state index contributed by atoms with van der Waals surface area (Å²) in [4.78, 5) is 15.5. The average molecular weight is 315 g/mol. The van der Waals surface area contributed by atoms with Gasteiger partial charge in [0.15, 0.2) is 11.3 Å². The third kappa shape index (κ3) is 2.67. The molecule has 4 heterocycles. The minimum Gasteiger partial charge on any atom is -0.369 e. The number of aromatic nitrogens is 3. The zero-order valence-electron chi connectivity index (χ0n) is 13.3. The van der Waals surface area contributed by atoms with Crippen molar-refractivity contribution in [3.8, 4) is 6.07 Å². The van der Waals surface area contributed by atoms with Gasteiger partial charge in [-0.05, 0) is 49.2 Å². The maximum atomic E-state index is 9.22. The lowest BCUT2D eigenvalue weighted by atomic mass is 9.92. The van der Waals surface area contributed by atoms with Gasteiger partial charge >= 0.3 is 0 Å². The van der Waals surface area contributed by atoms with Gasteiger partial charge in [-0.1, -0.05) is 0 Å². The number of hydrogen-bond donors (Lipinski definition) is 0. The molecule has 1 fully saturated rings. The molecule has 0 unspecified atom stereocenters. The number of anilines is 1. The lowest BCUT2D eigenvalue weighted by Crippen LogP contribution is -2.33. The molecular formula is C19H17N5. The van der Waals surface area contributed by atoms with E-state index >= 15 is 0 Å². The van der Waals surface area contributed by atoms with Crippen molar-refractivity contribution < 1.29 is 0 Å². The zero-order chi connectivity index (χ0) is 16.4. The Bertz CT molecular complexity index is 907. The van der Waals surface area contributed by atoms with E-state index in [0.29, 0.717) is 11.6 Å². The van der Waals surface area contributed by atoms with Gasteiger partial charge < -0.3 is 4.90 Å². The molecule has 24 heavy (non-hydrogen) atoms. The molecule has 5 nitrogen and oxygen atoms in total. The Morgan fingerprint density at radius 2 is 1.79 bits per heavy atom. The smallest absolute Gasteiger partial charge is 0.163 e. The molecule has 1 saturated heterocycles. The minimum atomic E-state index is 0.440. The molecule has 5 heteroatoms. The van der Waals surface area contributed by atoms with E-state index in [2.05, 4.69) is 33.1 Å². The predicted octanol–water partition coefficient (Wildman–Crippen LogP) is 3.28. The lowest BCUT2D eigenvalue weighted by Gasteiger charge is -2.33. The fraction of sp³-hybridized carbons (Fsp3) is 0.263. The van der Waals surface area contributed by atoms with Crippen LogP contribution in [0.1, 0.15) is 30.1 Å². The molecule has 0 spiro atoms. The molecule has 0 saturated carbocycles. The van der Waals surface area contributed by atoms with Gasteiger partial charge in [0.2, 0.25) is 0 Å². The van der Waals surface area contributed by atoms with Crippen molar-refractivity contribution >= 4 is 16.7 Å². The third-order valence-corrected chi connectivity index (χ3v) is 4.63. The highest BCUT2D eigenvalue weighted by atomic mass is 15.1. The number of nitriles is 1. The molecule has 0 N–H and O–H groups in total. The summed E-state index contributed by atoms with van der Waals surface area (Å²) in [5.41, 5.74) is 3.37. The van der Waals surface area contributed by atoms with E-state index in [9.17, 15) is 5.26 Å². The number of nitrogens with zero attached hydrogens (tertiary/aromatic N) is 5. The summed E-state index contributed by atoms with van der Waals surface area (Å²) in [7, 11) is 0. The van der Waals surface area contributed by atoms with Crippen LogP contribution >= 0.6 is 0 Å². The van der Waals surface area contributed by atoms with Crippen LogP contribution in [0.3, 0.4) is 0 Å². The molecular weight excluding hydrogens is 298 g/mol. The number of fused-ring (bicyclic) bond motifs is 1. The molecule has 0 aliphatic carbocycles. The van der Waals surface area contributed by atoms with Crippen molar-refractivity contribution in [2.24, 2.45) is 0 Å². The van der Waals surface area contributed by atoms with Crippen molar-refractivity contribution in [3.63, 3.8) is 0 Å². The van der Waals surface area contributed by atoms with E-state index in [1.54, 1.807) is 12.4 Å². The molecule has 3 aromatic rings. The van der Waals surface area contributed by atoms with Crippen molar-refractivity contribution in [3.05, 3.63) is 60.2 Å². The molecule has 118 valence electrons. The SMILES string of the molecule is N#Cc1ncccc1N1CCC(c2ccc3cccnc3n2)CC1. The van der Waals surface area contributed by atoms with Gasteiger partial charge in [-0.2, -0.15) is 5.26 Å². The van der Waals surface area contributed by atoms with Crippen molar-refractivity contribution in [2.45, 2.75) is 18.8 Å². The fourth-order valence-electron chi connectivity index (χ4n) is 3.35. The minimum absolute atomic E-state index is 0.440. The van der Waals surface area contributed by atoms with Gasteiger partial charge in [0.25, 0.3) is 0 Å². The fourth-order valence-corrected chi connectivity index (χ4v) is 3.35. The zero-order valence-corrected chi connectivity index (χ0v) is 13.3. The molecule has 4 rings (SSSR count). The van der Waals surface area contributed by atoms with Crippen LogP contribution in [0.25, 0.3) is 11.0 Å². The summed E-state index contributed by atoms with van der Waals surface area (Å²) in [5.74, 6) is 0.440. The quantitative estimate of drug-likeness (QED) is 0.726. The van der Waals surface area contributed by atoms with Crippen LogP contribution in [0.2, 0.25) is 0 Å². The normalized spacial score (nSPS) is 15.4. The van der Waals surface area contributed by atoms with E-state index in [-0.39, 0.29) is 0 Å². The second-order valence-electron chi connectivity index (χ2n) is 6.03. The molecule has 0 atom stereocenters. The molecule has 0 aromatic carbocycles. The predicted molar refractivity (Wildman–Crippen MR) is 92.7 cm³/mol. The van der Waals surface area contributed by atoms with Gasteiger partial charge in [-0.15, -0.1) is 0 Å². The summed E-state index contributed by atoms with van der Waals surface area (Å²) in [6, 6.07) is 14.2. The standard InChI is InChI=1S/C19H17N5/c20-13-17-18(4-2-9-21-17)24-11-7-14(8-12-24)16-6-5-15-3-1-10-22-19(15)23-16/h1-6,9-10,14H,7-8,11-12H2. The van der Waals surface area contributed by atoms with E-state index in [1.165, 1.54) is 0 Å². The first-order valence-corrected chi connectivity index (χ1v) is 8.17. The maximum Gasteiger partial charge on any atom is 0.163 e. The van der Waals surface area contributed by atoms with E-state index < -0.39 is 0 Å². The summed E-state index contributed by atoms with van der Waals surface area (Å²) < 4.78 is 0. The number of pyridine rings is 3. The van der Waals surface area contributed by atoms with Gasteiger partial charge in [0.05, 0.1) is 5.69 Å². The third-order valence-electron chi connectivity index (χ3n) is 4.63. The van der Waals surface area contributed by atoms with E-state index in [1.807, 2.05) is 24.3 Å². The van der Waals surface area contributed by atoms with Crippen LogP contribution in [-0.2, 0) is 0 Å². The van der Waals surface area contributed by atoms with Crippen molar-refractivity contribution in [1.82, 2.24) is 15.0 Å². The number of piperidine rings is 1. The van der Waals surface area contributed by atoms with Crippen LogP contribution < -0.4 is 4.90 Å². The largest absolute Gasteiger partial charge is 0.369 e. The Morgan fingerprint density at radius 1 is 1.00 bits per heavy atom. The Labute approximate surface area is 140 Å². The first-order valence-electron chi connectivity index (χ1n) is 8.17. The summed E-state index contributed by atoms with van der Waals surface area (Å²) in [6.45, 7) is 1.82. The van der Waals surface area contributed by atoms with E-state index in [0.717, 1.165) is 48.3 Å². The second kappa shape index (κ2) is 6.25. The van der Waals surface area contributed by atoms with Gasteiger partial charge in [-0.25, -0.2) is 15.0 Å². The van der Waals surface area contributed by atoms with E-state index in [4.69, 9.17) is 4.98 Å². The Morgan fingerprint density at radius 3 is 2.62 bits per heavy atom. The van der Waals surface area contributed by atoms with Gasteiger partial charge in [0, 0.05) is 42.5 Å². The van der Waals surface area contributed by atoms with Crippen LogP contribution in [0.4, 0.5) is 5.69 Å². The Kier molecular flexibility index (Phi) is 3.80. The number of rotatable bonds is 2. The highest BCUT2D eigenvalue weighted by molar-refractivity contribution is 5.74. The molecule has 0 amide bonds. The summed E-state index contributed by atoms with van der Waals surface area (Å²) >= 11 is 0. The summed E-state index contributed by atoms with van der Waals surface area (Å²) in [5, 5.41) is 10.3. The topological polar surface area (TPSA) is 65.7 Å². The second-order valence-corrected chi connectivity index (χ2v) is 6.03. The number of hydrogen-bond acceptors (Lipinski definition) is 5. The van der Waals surface area contributed by atoms with Crippen LogP contribution in [0.5, 0.6) is 0 Å². The highest BCUT2D eigenvalue weighted by Gasteiger charge is 2.23. The lowest BCUT2D eigenvalue weighted by molar-refractivity contribution is 0.497. The molecule has 1 aliphatic rings. The van der Waals surface area contributed by atoms with Crippen LogP contribution in [-0.4, -0.2) is 28.0 Å². The molecule has 0 radical (unpaired) electrons. The monoisotopic (exact) mass is 315 g/mol.